The van der Waals surface area contributed by atoms with Crippen molar-refractivity contribution in [3.05, 3.63) is 134 Å². The molecular formula is C67H108O6. The van der Waals surface area contributed by atoms with E-state index in [1.165, 1.54) is 135 Å². The first-order valence-electron chi connectivity index (χ1n) is 29.8. The van der Waals surface area contributed by atoms with Crippen LogP contribution in [0.5, 0.6) is 0 Å². The summed E-state index contributed by atoms with van der Waals surface area (Å²) in [5.41, 5.74) is 0. The van der Waals surface area contributed by atoms with Gasteiger partial charge in [-0.1, -0.05) is 270 Å². The Bertz CT molecular complexity index is 1580. The summed E-state index contributed by atoms with van der Waals surface area (Å²) in [5.74, 6) is -1.02. The zero-order valence-corrected chi connectivity index (χ0v) is 47.1. The van der Waals surface area contributed by atoms with Gasteiger partial charge in [-0.2, -0.15) is 0 Å². The van der Waals surface area contributed by atoms with Crippen molar-refractivity contribution in [3.63, 3.8) is 0 Å². The molecular weight excluding hydrogens is 901 g/mol. The van der Waals surface area contributed by atoms with Crippen molar-refractivity contribution in [1.29, 1.82) is 0 Å². The van der Waals surface area contributed by atoms with Gasteiger partial charge in [0.1, 0.15) is 13.2 Å². The molecule has 0 aliphatic carbocycles. The molecule has 73 heavy (non-hydrogen) atoms. The van der Waals surface area contributed by atoms with Gasteiger partial charge in [-0.15, -0.1) is 0 Å². The first-order chi connectivity index (χ1) is 36.0. The largest absolute Gasteiger partial charge is 0.462 e. The fourth-order valence-corrected chi connectivity index (χ4v) is 7.85. The highest BCUT2D eigenvalue weighted by Crippen LogP contribution is 2.14. The molecule has 0 radical (unpaired) electrons. The van der Waals surface area contributed by atoms with E-state index in [4.69, 9.17) is 14.2 Å². The minimum atomic E-state index is -0.826. The SMILES string of the molecule is CC\C=C/C=C\C=C/C=C\C=C\C=C/C=C\CCCCCC(=O)OCC(COC(=O)CCC/C=C\C/C=C\C/C=C\CCCCCCCC)OC(=O)CCCCCCCCC/C=C\CCCCCCCCCC. The predicted molar refractivity (Wildman–Crippen MR) is 316 cm³/mol. The van der Waals surface area contributed by atoms with Gasteiger partial charge < -0.3 is 14.2 Å². The minimum absolute atomic E-state index is 0.123. The Labute approximate surface area is 449 Å². The number of hydrogen-bond donors (Lipinski definition) is 0. The lowest BCUT2D eigenvalue weighted by Crippen LogP contribution is -2.30. The van der Waals surface area contributed by atoms with Crippen molar-refractivity contribution in [1.82, 2.24) is 0 Å². The summed E-state index contributed by atoms with van der Waals surface area (Å²) in [6, 6.07) is 0. The Hall–Kier alpha value is -4.45. The second-order valence-electron chi connectivity index (χ2n) is 19.3. The molecule has 0 N–H and O–H groups in total. The monoisotopic (exact) mass is 1010 g/mol. The van der Waals surface area contributed by atoms with Gasteiger partial charge in [-0.05, 0) is 96.3 Å². The van der Waals surface area contributed by atoms with Gasteiger partial charge in [0, 0.05) is 19.3 Å². The fraction of sp³-hybridized carbons (Fsp3) is 0.627. The molecule has 0 rings (SSSR count). The molecule has 0 aromatic rings. The van der Waals surface area contributed by atoms with Crippen LogP contribution in [0.3, 0.4) is 0 Å². The van der Waals surface area contributed by atoms with E-state index in [-0.39, 0.29) is 37.5 Å². The van der Waals surface area contributed by atoms with Crippen LogP contribution >= 0.6 is 0 Å². The Balaban J connectivity index is 4.58. The van der Waals surface area contributed by atoms with E-state index in [1.807, 2.05) is 72.9 Å². The molecule has 0 fully saturated rings. The van der Waals surface area contributed by atoms with Gasteiger partial charge >= 0.3 is 17.9 Å². The van der Waals surface area contributed by atoms with Crippen LogP contribution in [0.1, 0.15) is 252 Å². The van der Waals surface area contributed by atoms with E-state index in [0.29, 0.717) is 25.7 Å². The molecule has 0 saturated heterocycles. The van der Waals surface area contributed by atoms with Gasteiger partial charge in [0.25, 0.3) is 0 Å². The van der Waals surface area contributed by atoms with Crippen molar-refractivity contribution in [2.45, 2.75) is 258 Å². The Morgan fingerprint density at radius 1 is 0.301 bits per heavy atom. The zero-order chi connectivity index (χ0) is 52.9. The zero-order valence-electron chi connectivity index (χ0n) is 47.1. The van der Waals surface area contributed by atoms with Crippen LogP contribution < -0.4 is 0 Å². The first kappa shape index (κ1) is 68.6. The number of carbonyl (C=O) groups excluding carboxylic acids is 3. The van der Waals surface area contributed by atoms with Gasteiger partial charge in [-0.3, -0.25) is 14.4 Å². The van der Waals surface area contributed by atoms with Crippen LogP contribution in [0.25, 0.3) is 0 Å². The molecule has 6 heteroatoms. The molecule has 6 nitrogen and oxygen atoms in total. The average Bonchev–Trinajstić information content (AvgIpc) is 3.39. The van der Waals surface area contributed by atoms with Crippen molar-refractivity contribution >= 4 is 17.9 Å². The summed E-state index contributed by atoms with van der Waals surface area (Å²) >= 11 is 0. The lowest BCUT2D eigenvalue weighted by Gasteiger charge is -2.18. The third-order valence-corrected chi connectivity index (χ3v) is 12.3. The molecule has 1 atom stereocenters. The maximum atomic E-state index is 12.9. The number of ether oxygens (including phenoxy) is 3. The van der Waals surface area contributed by atoms with Crippen LogP contribution in [0, 0.1) is 0 Å². The average molecular weight is 1010 g/mol. The van der Waals surface area contributed by atoms with Crippen molar-refractivity contribution in [2.75, 3.05) is 13.2 Å². The van der Waals surface area contributed by atoms with Crippen LogP contribution in [0.4, 0.5) is 0 Å². The highest BCUT2D eigenvalue weighted by Gasteiger charge is 2.19. The molecule has 0 saturated carbocycles. The fourth-order valence-electron chi connectivity index (χ4n) is 7.85. The van der Waals surface area contributed by atoms with Crippen molar-refractivity contribution in [3.8, 4) is 0 Å². The van der Waals surface area contributed by atoms with E-state index in [9.17, 15) is 14.4 Å². The molecule has 0 aromatic carbocycles. The van der Waals surface area contributed by atoms with Gasteiger partial charge in [0.05, 0.1) is 0 Å². The Morgan fingerprint density at radius 3 is 1.04 bits per heavy atom. The maximum absolute atomic E-state index is 12.9. The Morgan fingerprint density at radius 2 is 0.603 bits per heavy atom. The highest BCUT2D eigenvalue weighted by molar-refractivity contribution is 5.71. The van der Waals surface area contributed by atoms with E-state index in [0.717, 1.165) is 64.2 Å². The third kappa shape index (κ3) is 58.3. The van der Waals surface area contributed by atoms with E-state index in [2.05, 4.69) is 81.5 Å². The predicted octanol–water partition coefficient (Wildman–Crippen LogP) is 20.2. The summed E-state index contributed by atoms with van der Waals surface area (Å²) in [5, 5.41) is 0. The summed E-state index contributed by atoms with van der Waals surface area (Å²) in [6.45, 7) is 6.40. The van der Waals surface area contributed by atoms with Gasteiger partial charge in [0.15, 0.2) is 6.10 Å². The highest BCUT2D eigenvalue weighted by atomic mass is 16.6. The lowest BCUT2D eigenvalue weighted by atomic mass is 10.1. The molecule has 0 aliphatic rings. The molecule has 0 bridgehead atoms. The number of allylic oxidation sites excluding steroid dienone is 22. The number of esters is 3. The molecule has 1 unspecified atom stereocenters. The summed E-state index contributed by atoms with van der Waals surface area (Å²) < 4.78 is 16.8. The quantitative estimate of drug-likeness (QED) is 0.0199. The summed E-state index contributed by atoms with van der Waals surface area (Å²) in [7, 11) is 0. The second kappa shape index (κ2) is 60.1. The van der Waals surface area contributed by atoms with Crippen LogP contribution in [-0.2, 0) is 28.6 Å². The third-order valence-electron chi connectivity index (χ3n) is 12.3. The standard InChI is InChI=1S/C67H108O6/c1-4-7-10-13-16-19-22-25-28-31-33-36-39-42-45-48-51-54-57-60-66(69)72-63-64(62-71-65(68)59-56-53-50-47-44-41-38-35-30-27-24-21-18-15-12-9-6-3)73-67(70)61-58-55-52-49-46-43-40-37-34-32-29-26-23-20-17-14-11-8-5-2/h7,10,13,16,19,22,25,27-28,30-34,36,38-39,41-42,45,47,50,64H,4-6,8-9,11-12,14-15,17-18,20-21,23-24,26,29,35,37,40,43-44,46,48-49,51-63H2,1-3H3/b10-7-,16-13-,22-19-,28-25-,30-27-,33-31+,34-32-,39-36-,41-38-,45-42-,50-47-. The number of carbonyl (C=O) groups is 3. The smallest absolute Gasteiger partial charge is 0.306 e. The normalized spacial score (nSPS) is 13.1. The molecule has 412 valence electrons. The van der Waals surface area contributed by atoms with Crippen molar-refractivity contribution < 1.29 is 28.6 Å². The number of rotatable bonds is 52. The molecule has 0 aromatic heterocycles. The minimum Gasteiger partial charge on any atom is -0.462 e. The van der Waals surface area contributed by atoms with Gasteiger partial charge in [-0.25, -0.2) is 0 Å². The van der Waals surface area contributed by atoms with E-state index in [1.54, 1.807) is 0 Å². The van der Waals surface area contributed by atoms with E-state index < -0.39 is 6.10 Å². The molecule has 0 heterocycles. The Kier molecular flexibility index (Phi) is 56.4. The van der Waals surface area contributed by atoms with Crippen LogP contribution in [0.15, 0.2) is 134 Å². The maximum Gasteiger partial charge on any atom is 0.306 e. The topological polar surface area (TPSA) is 78.9 Å². The molecule has 0 amide bonds. The van der Waals surface area contributed by atoms with Crippen LogP contribution in [-0.4, -0.2) is 37.2 Å². The second-order valence-corrected chi connectivity index (χ2v) is 19.3. The van der Waals surface area contributed by atoms with E-state index >= 15 is 0 Å². The summed E-state index contributed by atoms with van der Waals surface area (Å²) in [4.78, 5) is 38.2. The first-order valence-corrected chi connectivity index (χ1v) is 29.8. The summed E-state index contributed by atoms with van der Waals surface area (Å²) in [6.07, 6.45) is 84.4. The van der Waals surface area contributed by atoms with Crippen LogP contribution in [0.2, 0.25) is 0 Å². The lowest BCUT2D eigenvalue weighted by molar-refractivity contribution is -0.167. The van der Waals surface area contributed by atoms with Gasteiger partial charge in [0.2, 0.25) is 0 Å². The van der Waals surface area contributed by atoms with Crippen molar-refractivity contribution in [2.24, 2.45) is 0 Å². The molecule has 0 aliphatic heterocycles. The number of hydrogen-bond acceptors (Lipinski definition) is 6. The number of unbranched alkanes of at least 4 members (excludes halogenated alkanes) is 25. The molecule has 0 spiro atoms.